The Kier molecular flexibility index (Phi) is 5.41. The molecular weight excluding hydrogens is 388 g/mol. The predicted octanol–water partition coefficient (Wildman–Crippen LogP) is 2.50. The highest BCUT2D eigenvalue weighted by Gasteiger charge is 2.19. The molecule has 0 aliphatic heterocycles. The zero-order valence-corrected chi connectivity index (χ0v) is 16.0. The molecule has 2 N–H and O–H groups in total. The van der Waals surface area contributed by atoms with Crippen LogP contribution in [0.2, 0.25) is 0 Å². The summed E-state index contributed by atoms with van der Waals surface area (Å²) in [6.45, 7) is 3.90. The van der Waals surface area contributed by atoms with E-state index in [0.717, 1.165) is 0 Å². The van der Waals surface area contributed by atoms with Crippen molar-refractivity contribution < 1.29 is 27.1 Å². The maximum Gasteiger partial charge on any atom is 0.417 e. The average Bonchev–Trinajstić information content (AvgIpc) is 3.02. The van der Waals surface area contributed by atoms with Crippen molar-refractivity contribution >= 4 is 32.8 Å². The Morgan fingerprint density at radius 1 is 1.14 bits per heavy atom. The van der Waals surface area contributed by atoms with Gasteiger partial charge in [-0.2, -0.15) is 0 Å². The fraction of sp³-hybridized carbons (Fsp3) is 0.222. The second-order valence-electron chi connectivity index (χ2n) is 5.64. The highest BCUT2D eigenvalue weighted by atomic mass is 32.2. The third-order valence-electron chi connectivity index (χ3n) is 3.74. The van der Waals surface area contributed by atoms with E-state index in [1.807, 2.05) is 0 Å². The van der Waals surface area contributed by atoms with E-state index in [-0.39, 0.29) is 40.7 Å². The van der Waals surface area contributed by atoms with Crippen LogP contribution >= 0.6 is 0 Å². The average molecular weight is 406 g/mol. The van der Waals surface area contributed by atoms with Crippen LogP contribution in [-0.2, 0) is 14.8 Å². The van der Waals surface area contributed by atoms with Crippen molar-refractivity contribution in [3.05, 3.63) is 52.5 Å². The molecule has 0 saturated carbocycles. The van der Waals surface area contributed by atoms with Crippen LogP contribution in [0.4, 0.5) is 5.69 Å². The van der Waals surface area contributed by atoms with Crippen LogP contribution in [0.15, 0.2) is 50.5 Å². The molecule has 0 aliphatic rings. The van der Waals surface area contributed by atoms with E-state index in [1.54, 1.807) is 13.8 Å². The van der Waals surface area contributed by atoms with Crippen molar-refractivity contribution in [3.63, 3.8) is 0 Å². The van der Waals surface area contributed by atoms with Crippen LogP contribution in [0, 0.1) is 0 Å². The van der Waals surface area contributed by atoms with Crippen LogP contribution in [0.1, 0.15) is 24.2 Å². The minimum absolute atomic E-state index is 0.0975. The van der Waals surface area contributed by atoms with E-state index in [0.29, 0.717) is 5.52 Å². The summed E-state index contributed by atoms with van der Waals surface area (Å²) in [6.07, 6.45) is 0. The highest BCUT2D eigenvalue weighted by Crippen LogP contribution is 2.29. The second-order valence-corrected chi connectivity index (χ2v) is 7.32. The number of nitrogens with one attached hydrogen (secondary N) is 2. The molecule has 0 atom stereocenters. The number of carbonyl (C=O) groups is 1. The van der Waals surface area contributed by atoms with E-state index in [1.165, 1.54) is 36.4 Å². The largest absolute Gasteiger partial charge is 0.492 e. The van der Waals surface area contributed by atoms with Crippen LogP contribution in [-0.4, -0.2) is 32.6 Å². The molecule has 28 heavy (non-hydrogen) atoms. The minimum Gasteiger partial charge on any atom is -0.492 e. The van der Waals surface area contributed by atoms with Crippen LogP contribution in [0.5, 0.6) is 5.75 Å². The first-order valence-corrected chi connectivity index (χ1v) is 9.92. The molecular formula is C18H18N2O7S. The predicted molar refractivity (Wildman–Crippen MR) is 101 cm³/mol. The number of ether oxygens (including phenoxy) is 2. The molecule has 0 spiro atoms. The summed E-state index contributed by atoms with van der Waals surface area (Å²) >= 11 is 0. The van der Waals surface area contributed by atoms with Crippen LogP contribution < -0.4 is 15.2 Å². The molecule has 1 aromatic heterocycles. The lowest BCUT2D eigenvalue weighted by Gasteiger charge is -2.14. The molecule has 0 aliphatic carbocycles. The van der Waals surface area contributed by atoms with Crippen molar-refractivity contribution in [2.24, 2.45) is 0 Å². The Morgan fingerprint density at radius 3 is 2.64 bits per heavy atom. The zero-order chi connectivity index (χ0) is 20.3. The lowest BCUT2D eigenvalue weighted by molar-refractivity contribution is 0.0526. The molecule has 148 valence electrons. The number of anilines is 1. The lowest BCUT2D eigenvalue weighted by atomic mass is 10.2. The number of fused-ring (bicyclic) bond motifs is 1. The first kappa shape index (κ1) is 19.5. The third kappa shape index (κ3) is 4.01. The summed E-state index contributed by atoms with van der Waals surface area (Å²) in [5.74, 6) is -1.03. The van der Waals surface area contributed by atoms with Gasteiger partial charge in [0.2, 0.25) is 0 Å². The molecule has 0 unspecified atom stereocenters. The summed E-state index contributed by atoms with van der Waals surface area (Å²) in [5, 5.41) is 0. The number of oxazole rings is 1. The van der Waals surface area contributed by atoms with E-state index < -0.39 is 21.7 Å². The van der Waals surface area contributed by atoms with Gasteiger partial charge in [0.1, 0.15) is 5.75 Å². The summed E-state index contributed by atoms with van der Waals surface area (Å²) in [4.78, 5) is 25.5. The van der Waals surface area contributed by atoms with Crippen molar-refractivity contribution in [2.45, 2.75) is 18.7 Å². The van der Waals surface area contributed by atoms with Crippen molar-refractivity contribution in [1.82, 2.24) is 4.98 Å². The fourth-order valence-electron chi connectivity index (χ4n) is 2.52. The maximum atomic E-state index is 12.7. The number of hydrogen-bond acceptors (Lipinski definition) is 7. The van der Waals surface area contributed by atoms with E-state index >= 15 is 0 Å². The standard InChI is InChI=1S/C18H18N2O7S/c1-3-25-15-9-11(17(21)26-4-2)5-7-14(15)20-28(23,24)12-6-8-13-16(10-12)27-18(22)19-13/h5-10,20H,3-4H2,1-2H3,(H,19,22). The Bertz CT molecular complexity index is 1180. The van der Waals surface area contributed by atoms with Crippen molar-refractivity contribution in [1.29, 1.82) is 0 Å². The summed E-state index contributed by atoms with van der Waals surface area (Å²) in [5.41, 5.74) is 0.905. The highest BCUT2D eigenvalue weighted by molar-refractivity contribution is 7.92. The fourth-order valence-corrected chi connectivity index (χ4v) is 3.60. The number of hydrogen-bond donors (Lipinski definition) is 2. The van der Waals surface area contributed by atoms with Gasteiger partial charge in [-0.1, -0.05) is 0 Å². The smallest absolute Gasteiger partial charge is 0.417 e. The number of benzene rings is 2. The number of carbonyl (C=O) groups excluding carboxylic acids is 1. The molecule has 0 bridgehead atoms. The second kappa shape index (κ2) is 7.77. The van der Waals surface area contributed by atoms with Gasteiger partial charge in [0, 0.05) is 6.07 Å². The van der Waals surface area contributed by atoms with Gasteiger partial charge in [0.25, 0.3) is 10.0 Å². The molecule has 0 radical (unpaired) electrons. The third-order valence-corrected chi connectivity index (χ3v) is 5.10. The number of esters is 1. The molecule has 3 aromatic rings. The number of aromatic nitrogens is 1. The van der Waals surface area contributed by atoms with Gasteiger partial charge in [0.05, 0.1) is 34.9 Å². The molecule has 0 saturated heterocycles. The van der Waals surface area contributed by atoms with E-state index in [9.17, 15) is 18.0 Å². The summed E-state index contributed by atoms with van der Waals surface area (Å²) in [6, 6.07) is 8.28. The molecule has 10 heteroatoms. The molecule has 0 fully saturated rings. The quantitative estimate of drug-likeness (QED) is 0.577. The lowest BCUT2D eigenvalue weighted by Crippen LogP contribution is -2.14. The Balaban J connectivity index is 1.95. The first-order chi connectivity index (χ1) is 13.3. The summed E-state index contributed by atoms with van der Waals surface area (Å²) < 4.78 is 43.2. The summed E-state index contributed by atoms with van der Waals surface area (Å²) in [7, 11) is -4.00. The maximum absolute atomic E-state index is 12.7. The van der Waals surface area contributed by atoms with Crippen LogP contribution in [0.25, 0.3) is 11.1 Å². The monoisotopic (exact) mass is 406 g/mol. The van der Waals surface area contributed by atoms with Gasteiger partial charge in [-0.05, 0) is 44.2 Å². The van der Waals surface area contributed by atoms with Gasteiger partial charge >= 0.3 is 11.7 Å². The zero-order valence-electron chi connectivity index (χ0n) is 15.1. The number of sulfonamides is 1. The SMILES string of the molecule is CCOC(=O)c1ccc(NS(=O)(=O)c2ccc3[nH]c(=O)oc3c2)c(OCC)c1. The number of H-pyrrole nitrogens is 1. The van der Waals surface area contributed by atoms with Gasteiger partial charge in [0.15, 0.2) is 5.58 Å². The topological polar surface area (TPSA) is 128 Å². The van der Waals surface area contributed by atoms with Gasteiger partial charge in [-0.3, -0.25) is 9.71 Å². The normalized spacial score (nSPS) is 11.4. The first-order valence-electron chi connectivity index (χ1n) is 8.43. The Hall–Kier alpha value is -3.27. The number of rotatable bonds is 7. The Labute approximate surface area is 160 Å². The van der Waals surface area contributed by atoms with Gasteiger partial charge < -0.3 is 13.9 Å². The van der Waals surface area contributed by atoms with Crippen LogP contribution in [0.3, 0.4) is 0 Å². The Morgan fingerprint density at radius 2 is 1.93 bits per heavy atom. The number of aromatic amines is 1. The molecule has 9 nitrogen and oxygen atoms in total. The molecule has 0 amide bonds. The molecule has 1 heterocycles. The van der Waals surface area contributed by atoms with E-state index in [2.05, 4.69) is 9.71 Å². The van der Waals surface area contributed by atoms with Gasteiger partial charge in [-0.15, -0.1) is 0 Å². The van der Waals surface area contributed by atoms with Crippen molar-refractivity contribution in [3.8, 4) is 5.75 Å². The molecule has 3 rings (SSSR count). The van der Waals surface area contributed by atoms with E-state index in [4.69, 9.17) is 13.9 Å². The van der Waals surface area contributed by atoms with Crippen molar-refractivity contribution in [2.75, 3.05) is 17.9 Å². The molecule has 2 aromatic carbocycles. The van der Waals surface area contributed by atoms with Gasteiger partial charge in [-0.25, -0.2) is 18.0 Å². The minimum atomic E-state index is -4.00.